The van der Waals surface area contributed by atoms with Gasteiger partial charge in [0.25, 0.3) is 0 Å². The number of para-hydroxylation sites is 1. The highest BCUT2D eigenvalue weighted by Crippen LogP contribution is 2.23. The smallest absolute Gasteiger partial charge is 0.329 e. The quantitative estimate of drug-likeness (QED) is 0.798. The Hall–Kier alpha value is -1.55. The number of carboxylic acid groups (broad SMARTS) is 1. The van der Waals surface area contributed by atoms with Gasteiger partial charge in [-0.25, -0.2) is 4.79 Å². The summed E-state index contributed by atoms with van der Waals surface area (Å²) < 4.78 is 5.09. The topological polar surface area (TPSA) is 58.6 Å². The van der Waals surface area contributed by atoms with Crippen LogP contribution in [0, 0.1) is 0 Å². The Morgan fingerprint density at radius 3 is 2.65 bits per heavy atom. The van der Waals surface area contributed by atoms with Crippen LogP contribution in [0.4, 0.5) is 5.69 Å². The lowest BCUT2D eigenvalue weighted by molar-refractivity contribution is -0.141. The minimum absolute atomic E-state index is 0.461. The van der Waals surface area contributed by atoms with Crippen LogP contribution in [0.3, 0.4) is 0 Å². The molecular weight excluding hydrogens is 218 g/mol. The van der Waals surface area contributed by atoms with E-state index in [1.54, 1.807) is 14.0 Å². The first kappa shape index (κ1) is 13.5. The maximum atomic E-state index is 11.2. The van der Waals surface area contributed by atoms with Gasteiger partial charge in [-0.15, -0.1) is 0 Å². The van der Waals surface area contributed by atoms with Gasteiger partial charge >= 0.3 is 5.97 Å². The van der Waals surface area contributed by atoms with E-state index in [-0.39, 0.29) is 0 Å². The molecule has 2 N–H and O–H groups in total. The van der Waals surface area contributed by atoms with Crippen LogP contribution >= 0.6 is 0 Å². The van der Waals surface area contributed by atoms with Crippen LogP contribution in [-0.2, 0) is 16.1 Å². The standard InChI is InChI=1S/C13H19NO3/c1-4-13(2,12(15)16)14-11-8-6-5-7-10(11)9-17-3/h5-8,14H,4,9H2,1-3H3,(H,15,16). The van der Waals surface area contributed by atoms with Gasteiger partial charge in [0.1, 0.15) is 5.54 Å². The van der Waals surface area contributed by atoms with Gasteiger partial charge in [-0.1, -0.05) is 25.1 Å². The molecule has 1 aromatic rings. The van der Waals surface area contributed by atoms with Gasteiger partial charge in [0, 0.05) is 18.4 Å². The zero-order chi connectivity index (χ0) is 12.9. The summed E-state index contributed by atoms with van der Waals surface area (Å²) in [6.45, 7) is 3.99. The Morgan fingerprint density at radius 2 is 2.12 bits per heavy atom. The van der Waals surface area contributed by atoms with Crippen molar-refractivity contribution in [2.45, 2.75) is 32.4 Å². The Labute approximate surface area is 102 Å². The van der Waals surface area contributed by atoms with Gasteiger partial charge in [-0.2, -0.15) is 0 Å². The molecule has 4 heteroatoms. The van der Waals surface area contributed by atoms with Crippen molar-refractivity contribution in [2.24, 2.45) is 0 Å². The second-order valence-electron chi connectivity index (χ2n) is 4.21. The largest absolute Gasteiger partial charge is 0.480 e. The van der Waals surface area contributed by atoms with Crippen molar-refractivity contribution < 1.29 is 14.6 Å². The van der Waals surface area contributed by atoms with Crippen molar-refractivity contribution in [3.8, 4) is 0 Å². The number of aliphatic carboxylic acids is 1. The van der Waals surface area contributed by atoms with Gasteiger partial charge in [0.15, 0.2) is 0 Å². The molecule has 0 heterocycles. The third kappa shape index (κ3) is 3.20. The number of carboxylic acids is 1. The lowest BCUT2D eigenvalue weighted by atomic mass is 9.98. The zero-order valence-electron chi connectivity index (χ0n) is 10.5. The molecule has 0 radical (unpaired) electrons. The molecule has 1 unspecified atom stereocenters. The first-order valence-electron chi connectivity index (χ1n) is 5.62. The monoisotopic (exact) mass is 237 g/mol. The number of carbonyl (C=O) groups is 1. The molecule has 0 amide bonds. The lowest BCUT2D eigenvalue weighted by Gasteiger charge is -2.27. The second-order valence-corrected chi connectivity index (χ2v) is 4.21. The molecule has 0 aliphatic heterocycles. The van der Waals surface area contributed by atoms with Gasteiger partial charge in [-0.3, -0.25) is 0 Å². The van der Waals surface area contributed by atoms with Gasteiger partial charge < -0.3 is 15.2 Å². The molecule has 0 fully saturated rings. The van der Waals surface area contributed by atoms with E-state index in [9.17, 15) is 9.90 Å². The predicted molar refractivity (Wildman–Crippen MR) is 67.1 cm³/mol. The molecule has 1 rings (SSSR count). The summed E-state index contributed by atoms with van der Waals surface area (Å²) >= 11 is 0. The molecule has 0 bridgehead atoms. The Morgan fingerprint density at radius 1 is 1.47 bits per heavy atom. The van der Waals surface area contributed by atoms with Crippen molar-refractivity contribution in [3.63, 3.8) is 0 Å². The number of hydrogen-bond donors (Lipinski definition) is 2. The van der Waals surface area contributed by atoms with E-state index >= 15 is 0 Å². The number of nitrogens with one attached hydrogen (secondary N) is 1. The highest BCUT2D eigenvalue weighted by Gasteiger charge is 2.31. The number of benzene rings is 1. The summed E-state index contributed by atoms with van der Waals surface area (Å²) in [5.74, 6) is -0.854. The number of methoxy groups -OCH3 is 1. The molecule has 0 aromatic heterocycles. The van der Waals surface area contributed by atoms with E-state index in [1.165, 1.54) is 0 Å². The van der Waals surface area contributed by atoms with E-state index in [0.29, 0.717) is 13.0 Å². The molecule has 17 heavy (non-hydrogen) atoms. The Bertz CT molecular complexity index is 392. The fourth-order valence-electron chi connectivity index (χ4n) is 1.51. The number of ether oxygens (including phenoxy) is 1. The highest BCUT2D eigenvalue weighted by molar-refractivity contribution is 5.82. The van der Waals surface area contributed by atoms with E-state index < -0.39 is 11.5 Å². The maximum Gasteiger partial charge on any atom is 0.329 e. The van der Waals surface area contributed by atoms with Crippen LogP contribution in [-0.4, -0.2) is 23.7 Å². The molecule has 0 aliphatic rings. The van der Waals surface area contributed by atoms with Crippen molar-refractivity contribution in [1.82, 2.24) is 0 Å². The van der Waals surface area contributed by atoms with Crippen molar-refractivity contribution in [2.75, 3.05) is 12.4 Å². The van der Waals surface area contributed by atoms with Crippen molar-refractivity contribution in [3.05, 3.63) is 29.8 Å². The summed E-state index contributed by atoms with van der Waals surface area (Å²) in [5, 5.41) is 12.3. The normalized spacial score (nSPS) is 14.1. The van der Waals surface area contributed by atoms with Crippen LogP contribution < -0.4 is 5.32 Å². The van der Waals surface area contributed by atoms with E-state index in [0.717, 1.165) is 11.3 Å². The van der Waals surface area contributed by atoms with Crippen LogP contribution in [0.1, 0.15) is 25.8 Å². The molecule has 94 valence electrons. The summed E-state index contributed by atoms with van der Waals surface area (Å²) in [4.78, 5) is 11.2. The number of anilines is 1. The number of rotatable bonds is 6. The SMILES string of the molecule is CCC(C)(Nc1ccccc1COC)C(=O)O. The molecule has 0 spiro atoms. The van der Waals surface area contributed by atoms with E-state index in [2.05, 4.69) is 5.32 Å². The van der Waals surface area contributed by atoms with Crippen LogP contribution in [0.2, 0.25) is 0 Å². The molecule has 0 saturated carbocycles. The van der Waals surface area contributed by atoms with Crippen LogP contribution in [0.15, 0.2) is 24.3 Å². The highest BCUT2D eigenvalue weighted by atomic mass is 16.5. The maximum absolute atomic E-state index is 11.2. The Kier molecular flexibility index (Phi) is 4.52. The Balaban J connectivity index is 2.97. The molecule has 0 aliphatic carbocycles. The van der Waals surface area contributed by atoms with Crippen LogP contribution in [0.25, 0.3) is 0 Å². The van der Waals surface area contributed by atoms with Crippen molar-refractivity contribution >= 4 is 11.7 Å². The first-order valence-corrected chi connectivity index (χ1v) is 5.62. The molecule has 4 nitrogen and oxygen atoms in total. The fraction of sp³-hybridized carbons (Fsp3) is 0.462. The summed E-state index contributed by atoms with van der Waals surface area (Å²) in [7, 11) is 1.62. The van der Waals surface area contributed by atoms with E-state index in [4.69, 9.17) is 4.74 Å². The second kappa shape index (κ2) is 5.68. The minimum Gasteiger partial charge on any atom is -0.480 e. The van der Waals surface area contributed by atoms with E-state index in [1.807, 2.05) is 31.2 Å². The number of hydrogen-bond acceptors (Lipinski definition) is 3. The summed E-state index contributed by atoms with van der Waals surface area (Å²) in [6.07, 6.45) is 0.504. The van der Waals surface area contributed by atoms with Gasteiger partial charge in [0.2, 0.25) is 0 Å². The molecule has 1 atom stereocenters. The summed E-state index contributed by atoms with van der Waals surface area (Å²) in [5.41, 5.74) is 0.807. The average molecular weight is 237 g/mol. The van der Waals surface area contributed by atoms with Gasteiger partial charge in [0.05, 0.1) is 6.61 Å². The summed E-state index contributed by atoms with van der Waals surface area (Å²) in [6, 6.07) is 7.57. The van der Waals surface area contributed by atoms with Crippen molar-refractivity contribution in [1.29, 1.82) is 0 Å². The molecule has 1 aromatic carbocycles. The first-order chi connectivity index (χ1) is 8.03. The molecular formula is C13H19NO3. The third-order valence-electron chi connectivity index (χ3n) is 2.91. The average Bonchev–Trinajstić information content (AvgIpc) is 2.31. The lowest BCUT2D eigenvalue weighted by Crippen LogP contribution is -2.42. The van der Waals surface area contributed by atoms with Crippen LogP contribution in [0.5, 0.6) is 0 Å². The zero-order valence-corrected chi connectivity index (χ0v) is 10.5. The predicted octanol–water partition coefficient (Wildman–Crippen LogP) is 2.50. The fourth-order valence-corrected chi connectivity index (χ4v) is 1.51. The molecule has 0 saturated heterocycles. The minimum atomic E-state index is -0.955. The van der Waals surface area contributed by atoms with Gasteiger partial charge in [-0.05, 0) is 19.4 Å². The third-order valence-corrected chi connectivity index (χ3v) is 2.91.